The van der Waals surface area contributed by atoms with Gasteiger partial charge in [-0.3, -0.25) is 4.79 Å². The van der Waals surface area contributed by atoms with Gasteiger partial charge in [-0.1, -0.05) is 6.42 Å². The summed E-state index contributed by atoms with van der Waals surface area (Å²) in [6.45, 7) is 7.78. The lowest BCUT2D eigenvalue weighted by Gasteiger charge is -2.27. The first-order valence-corrected chi connectivity index (χ1v) is 8.50. The molecule has 0 radical (unpaired) electrons. The van der Waals surface area contributed by atoms with Gasteiger partial charge in [-0.25, -0.2) is 0 Å². The molecule has 0 spiro atoms. The van der Waals surface area contributed by atoms with Gasteiger partial charge < -0.3 is 15.5 Å². The molecule has 1 aliphatic heterocycles. The Hall–Kier alpha value is -0.610. The molecule has 2 rings (SSSR count). The van der Waals surface area contributed by atoms with E-state index in [4.69, 9.17) is 0 Å². The van der Waals surface area contributed by atoms with Gasteiger partial charge in [0.2, 0.25) is 5.91 Å². The molecule has 0 bridgehead atoms. The van der Waals surface area contributed by atoms with Gasteiger partial charge in [-0.05, 0) is 52.0 Å². The predicted octanol–water partition coefficient (Wildman–Crippen LogP) is 1.76. The third kappa shape index (κ3) is 3.95. The molecule has 0 aromatic carbocycles. The molecule has 1 amide bonds. The lowest BCUT2D eigenvalue weighted by atomic mass is 9.93. The summed E-state index contributed by atoms with van der Waals surface area (Å²) in [6, 6.07) is 1.34. The summed E-state index contributed by atoms with van der Waals surface area (Å²) in [5.74, 6) is 1.07. The molecule has 0 aromatic heterocycles. The molecule has 4 nitrogen and oxygen atoms in total. The normalized spacial score (nSPS) is 29.8. The van der Waals surface area contributed by atoms with Crippen molar-refractivity contribution < 1.29 is 4.79 Å². The summed E-state index contributed by atoms with van der Waals surface area (Å²) in [5, 5.41) is 7.30. The number of nitrogens with one attached hydrogen (secondary N) is 2. The highest BCUT2D eigenvalue weighted by Gasteiger charge is 2.34. The Bertz CT molecular complexity index is 298. The van der Waals surface area contributed by atoms with Crippen LogP contribution in [-0.2, 0) is 4.79 Å². The van der Waals surface area contributed by atoms with Crippen LogP contribution in [0.2, 0.25) is 0 Å². The molecule has 2 aliphatic rings. The van der Waals surface area contributed by atoms with E-state index in [9.17, 15) is 4.79 Å². The Morgan fingerprint density at radius 3 is 2.65 bits per heavy atom. The standard InChI is InChI=1S/C16H31N3O/c1-3-19(4-2)16(20)10-12-18-14-8-5-7-13(14)15-9-6-11-17-15/h13-15,17-18H,3-12H2,1-2H3. The monoisotopic (exact) mass is 281 g/mol. The Morgan fingerprint density at radius 2 is 2.00 bits per heavy atom. The van der Waals surface area contributed by atoms with Crippen molar-refractivity contribution in [2.75, 3.05) is 26.2 Å². The third-order valence-corrected chi connectivity index (χ3v) is 5.05. The molecule has 3 atom stereocenters. The molecule has 1 saturated carbocycles. The van der Waals surface area contributed by atoms with Gasteiger partial charge >= 0.3 is 0 Å². The van der Waals surface area contributed by atoms with Gasteiger partial charge in [0.25, 0.3) is 0 Å². The number of hydrogen-bond acceptors (Lipinski definition) is 3. The summed E-state index contributed by atoms with van der Waals surface area (Å²) in [4.78, 5) is 13.9. The quantitative estimate of drug-likeness (QED) is 0.747. The van der Waals surface area contributed by atoms with Crippen molar-refractivity contribution >= 4 is 5.91 Å². The third-order valence-electron chi connectivity index (χ3n) is 5.05. The number of carbonyl (C=O) groups is 1. The molecule has 4 heteroatoms. The molecular formula is C16H31N3O. The first kappa shape index (κ1) is 15.8. The molecule has 0 aromatic rings. The van der Waals surface area contributed by atoms with E-state index in [1.54, 1.807) is 0 Å². The van der Waals surface area contributed by atoms with Crippen molar-refractivity contribution in [1.29, 1.82) is 0 Å². The van der Waals surface area contributed by atoms with Crippen LogP contribution in [0.4, 0.5) is 0 Å². The minimum Gasteiger partial charge on any atom is -0.343 e. The highest BCUT2D eigenvalue weighted by atomic mass is 16.2. The molecule has 2 fully saturated rings. The van der Waals surface area contributed by atoms with Crippen LogP contribution in [0, 0.1) is 5.92 Å². The number of nitrogens with zero attached hydrogens (tertiary/aromatic N) is 1. The second-order valence-electron chi connectivity index (χ2n) is 6.17. The topological polar surface area (TPSA) is 44.4 Å². The highest BCUT2D eigenvalue weighted by Crippen LogP contribution is 2.31. The smallest absolute Gasteiger partial charge is 0.223 e. The van der Waals surface area contributed by atoms with Crippen molar-refractivity contribution in [3.05, 3.63) is 0 Å². The van der Waals surface area contributed by atoms with Gasteiger partial charge in [0.05, 0.1) is 0 Å². The second kappa shape index (κ2) is 7.99. The fourth-order valence-electron chi connectivity index (χ4n) is 3.90. The summed E-state index contributed by atoms with van der Waals surface area (Å²) >= 11 is 0. The lowest BCUT2D eigenvalue weighted by Crippen LogP contribution is -2.43. The zero-order valence-corrected chi connectivity index (χ0v) is 13.2. The first-order chi connectivity index (χ1) is 9.76. The van der Waals surface area contributed by atoms with Crippen molar-refractivity contribution in [2.24, 2.45) is 5.92 Å². The number of hydrogen-bond donors (Lipinski definition) is 2. The minimum atomic E-state index is 0.288. The highest BCUT2D eigenvalue weighted by molar-refractivity contribution is 5.76. The molecule has 1 aliphatic carbocycles. The van der Waals surface area contributed by atoms with Crippen molar-refractivity contribution in [3.8, 4) is 0 Å². The molecule has 116 valence electrons. The second-order valence-corrected chi connectivity index (χ2v) is 6.17. The van der Waals surface area contributed by atoms with Crippen LogP contribution >= 0.6 is 0 Å². The van der Waals surface area contributed by atoms with Crippen LogP contribution in [0.5, 0.6) is 0 Å². The Balaban J connectivity index is 1.71. The number of amides is 1. The van der Waals surface area contributed by atoms with Crippen molar-refractivity contribution in [3.63, 3.8) is 0 Å². The van der Waals surface area contributed by atoms with E-state index in [0.29, 0.717) is 18.5 Å². The fourth-order valence-corrected chi connectivity index (χ4v) is 3.90. The Kier molecular flexibility index (Phi) is 6.30. The van der Waals surface area contributed by atoms with Crippen LogP contribution in [-0.4, -0.2) is 49.1 Å². The van der Waals surface area contributed by atoms with Crippen molar-refractivity contribution in [1.82, 2.24) is 15.5 Å². The van der Waals surface area contributed by atoms with Crippen LogP contribution < -0.4 is 10.6 Å². The van der Waals surface area contributed by atoms with Crippen molar-refractivity contribution in [2.45, 2.75) is 64.5 Å². The molecule has 3 unspecified atom stereocenters. The summed E-state index contributed by atoms with van der Waals surface area (Å²) < 4.78 is 0. The molecule has 2 N–H and O–H groups in total. The molecular weight excluding hydrogens is 250 g/mol. The van der Waals surface area contributed by atoms with Crippen LogP contribution in [0.25, 0.3) is 0 Å². The average molecular weight is 281 g/mol. The average Bonchev–Trinajstić information content (AvgIpc) is 3.10. The van der Waals surface area contributed by atoms with E-state index in [2.05, 4.69) is 10.6 Å². The molecule has 1 heterocycles. The lowest BCUT2D eigenvalue weighted by molar-refractivity contribution is -0.130. The van der Waals surface area contributed by atoms with Gasteiger partial charge in [0.15, 0.2) is 0 Å². The predicted molar refractivity (Wildman–Crippen MR) is 82.7 cm³/mol. The zero-order chi connectivity index (χ0) is 14.4. The van der Waals surface area contributed by atoms with Gasteiger partial charge in [0, 0.05) is 38.1 Å². The SMILES string of the molecule is CCN(CC)C(=O)CCNC1CCCC1C1CCCN1. The van der Waals surface area contributed by atoms with E-state index < -0.39 is 0 Å². The van der Waals surface area contributed by atoms with Crippen LogP contribution in [0.1, 0.15) is 52.4 Å². The Morgan fingerprint density at radius 1 is 1.20 bits per heavy atom. The van der Waals surface area contributed by atoms with E-state index in [-0.39, 0.29) is 5.91 Å². The maximum atomic E-state index is 12.0. The minimum absolute atomic E-state index is 0.288. The maximum absolute atomic E-state index is 12.0. The number of carbonyl (C=O) groups excluding carboxylic acids is 1. The number of rotatable bonds is 7. The van der Waals surface area contributed by atoms with Crippen LogP contribution in [0.3, 0.4) is 0 Å². The van der Waals surface area contributed by atoms with Gasteiger partial charge in [-0.2, -0.15) is 0 Å². The largest absolute Gasteiger partial charge is 0.343 e. The fraction of sp³-hybridized carbons (Fsp3) is 0.938. The first-order valence-electron chi connectivity index (χ1n) is 8.50. The van der Waals surface area contributed by atoms with E-state index in [1.165, 1.54) is 38.6 Å². The van der Waals surface area contributed by atoms with Crippen LogP contribution in [0.15, 0.2) is 0 Å². The summed E-state index contributed by atoms with van der Waals surface area (Å²) in [6.07, 6.45) is 7.27. The summed E-state index contributed by atoms with van der Waals surface area (Å²) in [7, 11) is 0. The zero-order valence-electron chi connectivity index (χ0n) is 13.2. The van der Waals surface area contributed by atoms with E-state index >= 15 is 0 Å². The molecule has 1 saturated heterocycles. The Labute approximate surface area is 123 Å². The van der Waals surface area contributed by atoms with E-state index in [1.807, 2.05) is 18.7 Å². The van der Waals surface area contributed by atoms with E-state index in [0.717, 1.165) is 25.6 Å². The maximum Gasteiger partial charge on any atom is 0.223 e. The summed E-state index contributed by atoms with van der Waals surface area (Å²) in [5.41, 5.74) is 0. The van der Waals surface area contributed by atoms with Gasteiger partial charge in [-0.15, -0.1) is 0 Å². The van der Waals surface area contributed by atoms with Gasteiger partial charge in [0.1, 0.15) is 0 Å². The molecule has 20 heavy (non-hydrogen) atoms.